The van der Waals surface area contributed by atoms with Gasteiger partial charge in [-0.3, -0.25) is 4.90 Å². The van der Waals surface area contributed by atoms with Crippen LogP contribution in [0.4, 0.5) is 10.5 Å². The molecule has 0 aliphatic carbocycles. The van der Waals surface area contributed by atoms with Gasteiger partial charge in [0.1, 0.15) is 11.4 Å². The van der Waals surface area contributed by atoms with Gasteiger partial charge >= 0.3 is 6.09 Å². The number of carbonyl (C=O) groups is 1. The van der Waals surface area contributed by atoms with Crippen LogP contribution in [0.15, 0.2) is 48.5 Å². The number of aliphatic hydroxyl groups is 1. The van der Waals surface area contributed by atoms with E-state index < -0.39 is 5.60 Å². The lowest BCUT2D eigenvalue weighted by Crippen LogP contribution is -2.34. The van der Waals surface area contributed by atoms with Crippen molar-refractivity contribution in [3.05, 3.63) is 59.7 Å². The number of ether oxygens (including phenoxy) is 4. The Hall–Kier alpha value is -2.87. The molecule has 0 spiro atoms. The lowest BCUT2D eigenvalue weighted by molar-refractivity contribution is -0.172. The second kappa shape index (κ2) is 13.4. The lowest BCUT2D eigenvalue weighted by atomic mass is 10.1. The van der Waals surface area contributed by atoms with E-state index in [9.17, 15) is 9.90 Å². The Labute approximate surface area is 214 Å². The Morgan fingerprint density at radius 3 is 2.25 bits per heavy atom. The molecule has 36 heavy (non-hydrogen) atoms. The molecular weight excluding hydrogens is 458 g/mol. The smallest absolute Gasteiger partial charge is 0.414 e. The molecular formula is C29H39NO6. The largest absolute Gasteiger partial charge is 0.493 e. The molecule has 1 heterocycles. The predicted octanol–water partition coefficient (Wildman–Crippen LogP) is 5.76. The van der Waals surface area contributed by atoms with Crippen molar-refractivity contribution >= 4 is 23.9 Å². The number of rotatable bonds is 10. The van der Waals surface area contributed by atoms with Crippen molar-refractivity contribution in [2.45, 2.75) is 51.9 Å². The topological polar surface area (TPSA) is 77.5 Å². The van der Waals surface area contributed by atoms with Crippen LogP contribution in [0.2, 0.25) is 0 Å². The van der Waals surface area contributed by atoms with E-state index in [1.165, 1.54) is 4.90 Å². The van der Waals surface area contributed by atoms with Gasteiger partial charge in [0, 0.05) is 25.3 Å². The van der Waals surface area contributed by atoms with Crippen molar-refractivity contribution in [3.8, 4) is 5.75 Å². The van der Waals surface area contributed by atoms with Crippen LogP contribution in [0.5, 0.6) is 5.75 Å². The van der Waals surface area contributed by atoms with Crippen LogP contribution in [0.1, 0.15) is 51.2 Å². The summed E-state index contributed by atoms with van der Waals surface area (Å²) in [7, 11) is 1.70. The quantitative estimate of drug-likeness (QED) is 0.421. The second-order valence-electron chi connectivity index (χ2n) is 10.0. The van der Waals surface area contributed by atoms with Gasteiger partial charge < -0.3 is 24.1 Å². The molecule has 0 radical (unpaired) electrons. The first-order chi connectivity index (χ1) is 17.2. The Morgan fingerprint density at radius 2 is 1.69 bits per heavy atom. The molecule has 2 atom stereocenters. The second-order valence-corrected chi connectivity index (χ2v) is 10.0. The van der Waals surface area contributed by atoms with Gasteiger partial charge in [-0.15, -0.1) is 0 Å². The molecule has 1 aliphatic rings. The minimum absolute atomic E-state index is 0.000103. The molecule has 2 aromatic rings. The number of anilines is 1. The Kier molecular flexibility index (Phi) is 10.3. The molecule has 196 valence electrons. The van der Waals surface area contributed by atoms with Crippen molar-refractivity contribution in [3.63, 3.8) is 0 Å². The minimum atomic E-state index is -0.534. The molecule has 2 unspecified atom stereocenters. The summed E-state index contributed by atoms with van der Waals surface area (Å²) in [6.07, 6.45) is 6.58. The van der Waals surface area contributed by atoms with E-state index in [4.69, 9.17) is 18.9 Å². The van der Waals surface area contributed by atoms with Gasteiger partial charge in [0.15, 0.2) is 6.29 Å². The highest BCUT2D eigenvalue weighted by Crippen LogP contribution is 2.20. The van der Waals surface area contributed by atoms with Gasteiger partial charge in [-0.25, -0.2) is 4.79 Å². The highest BCUT2D eigenvalue weighted by molar-refractivity contribution is 5.87. The zero-order chi connectivity index (χ0) is 26.0. The van der Waals surface area contributed by atoms with E-state index in [0.29, 0.717) is 13.2 Å². The van der Waals surface area contributed by atoms with E-state index in [0.717, 1.165) is 48.4 Å². The van der Waals surface area contributed by atoms with Gasteiger partial charge in [-0.1, -0.05) is 36.4 Å². The van der Waals surface area contributed by atoms with Crippen LogP contribution >= 0.6 is 0 Å². The van der Waals surface area contributed by atoms with Crippen molar-refractivity contribution in [1.82, 2.24) is 0 Å². The van der Waals surface area contributed by atoms with E-state index in [2.05, 4.69) is 0 Å². The zero-order valence-corrected chi connectivity index (χ0v) is 21.8. The van der Waals surface area contributed by atoms with Crippen LogP contribution in [-0.4, -0.2) is 56.6 Å². The number of amides is 1. The molecule has 7 heteroatoms. The third-order valence-corrected chi connectivity index (χ3v) is 5.70. The van der Waals surface area contributed by atoms with Crippen molar-refractivity contribution < 1.29 is 28.8 Å². The number of hydrogen-bond donors (Lipinski definition) is 1. The van der Waals surface area contributed by atoms with Crippen LogP contribution in [0, 0.1) is 5.92 Å². The van der Waals surface area contributed by atoms with Crippen molar-refractivity contribution in [2.24, 2.45) is 5.92 Å². The number of nitrogens with zero attached hydrogens (tertiary/aromatic N) is 1. The van der Waals surface area contributed by atoms with Crippen molar-refractivity contribution in [1.29, 1.82) is 0 Å². The summed E-state index contributed by atoms with van der Waals surface area (Å²) in [6.45, 7) is 7.07. The maximum Gasteiger partial charge on any atom is 0.414 e. The fourth-order valence-electron chi connectivity index (χ4n) is 3.57. The van der Waals surface area contributed by atoms with Crippen LogP contribution in [0.25, 0.3) is 12.2 Å². The average Bonchev–Trinajstić information content (AvgIpc) is 2.87. The summed E-state index contributed by atoms with van der Waals surface area (Å²) in [5, 5.41) is 9.64. The van der Waals surface area contributed by atoms with Gasteiger partial charge in [-0.2, -0.15) is 0 Å². The Bertz CT molecular complexity index is 959. The fourth-order valence-corrected chi connectivity index (χ4v) is 3.57. The summed E-state index contributed by atoms with van der Waals surface area (Å²) in [5.41, 5.74) is 2.28. The van der Waals surface area contributed by atoms with Gasteiger partial charge in [-0.05, 0) is 75.4 Å². The van der Waals surface area contributed by atoms with Crippen LogP contribution < -0.4 is 9.64 Å². The van der Waals surface area contributed by atoms with E-state index in [-0.39, 0.29) is 24.9 Å². The highest BCUT2D eigenvalue weighted by Gasteiger charge is 2.20. The first kappa shape index (κ1) is 27.7. The zero-order valence-electron chi connectivity index (χ0n) is 21.8. The Morgan fingerprint density at radius 1 is 1.06 bits per heavy atom. The maximum atomic E-state index is 12.2. The molecule has 1 saturated heterocycles. The molecule has 2 aromatic carbocycles. The van der Waals surface area contributed by atoms with Gasteiger partial charge in [0.25, 0.3) is 0 Å². The normalized spacial score (nSPS) is 17.1. The third kappa shape index (κ3) is 9.30. The first-order valence-corrected chi connectivity index (χ1v) is 12.6. The minimum Gasteiger partial charge on any atom is -0.493 e. The van der Waals surface area contributed by atoms with Gasteiger partial charge in [0.05, 0.1) is 19.8 Å². The molecule has 1 amide bonds. The average molecular weight is 498 g/mol. The van der Waals surface area contributed by atoms with Crippen LogP contribution in [-0.2, 0) is 14.2 Å². The van der Waals surface area contributed by atoms with E-state index in [1.54, 1.807) is 7.05 Å². The summed E-state index contributed by atoms with van der Waals surface area (Å²) in [4.78, 5) is 13.7. The summed E-state index contributed by atoms with van der Waals surface area (Å²) in [6, 6.07) is 15.5. The SMILES string of the molecule is CN(C(=O)OC(C)(C)C)c1ccc(/C=C/c2ccc(OCC(CO)COC3CCCCO3)cc2)cc1. The number of hydrogen-bond acceptors (Lipinski definition) is 6. The third-order valence-electron chi connectivity index (χ3n) is 5.70. The molecule has 0 bridgehead atoms. The molecule has 3 rings (SSSR count). The standard InChI is InChI=1S/C29H39NO6/c1-29(2,3)36-28(32)30(4)25-14-10-22(11-15-25)8-9-23-12-16-26(17-13-23)34-20-24(19-31)21-35-27-7-5-6-18-33-27/h8-17,24,27,31H,5-7,18-21H2,1-4H3/b9-8+. The highest BCUT2D eigenvalue weighted by atomic mass is 16.7. The molecule has 1 N–H and O–H groups in total. The van der Waals surface area contributed by atoms with E-state index >= 15 is 0 Å². The van der Waals surface area contributed by atoms with Crippen LogP contribution in [0.3, 0.4) is 0 Å². The predicted molar refractivity (Wildman–Crippen MR) is 142 cm³/mol. The van der Waals surface area contributed by atoms with E-state index in [1.807, 2.05) is 81.5 Å². The first-order valence-electron chi connectivity index (χ1n) is 12.6. The molecule has 1 aliphatic heterocycles. The molecule has 0 saturated carbocycles. The summed E-state index contributed by atoms with van der Waals surface area (Å²) < 4.78 is 22.6. The summed E-state index contributed by atoms with van der Waals surface area (Å²) in [5.74, 6) is 0.640. The molecule has 1 fully saturated rings. The fraction of sp³-hybridized carbons (Fsp3) is 0.483. The molecule has 7 nitrogen and oxygen atoms in total. The van der Waals surface area contributed by atoms with Gasteiger partial charge in [0.2, 0.25) is 0 Å². The number of benzene rings is 2. The Balaban J connectivity index is 1.46. The maximum absolute atomic E-state index is 12.2. The van der Waals surface area contributed by atoms with Crippen molar-refractivity contribution in [2.75, 3.05) is 38.4 Å². The number of carbonyl (C=O) groups excluding carboxylic acids is 1. The monoisotopic (exact) mass is 497 g/mol. The number of aliphatic hydroxyl groups excluding tert-OH is 1. The lowest BCUT2D eigenvalue weighted by Gasteiger charge is -2.24. The molecule has 0 aromatic heterocycles. The summed E-state index contributed by atoms with van der Waals surface area (Å²) >= 11 is 0.